The normalized spacial score (nSPS) is 10.9. The highest BCUT2D eigenvalue weighted by Crippen LogP contribution is 2.11. The van der Waals surface area contributed by atoms with E-state index in [1.165, 1.54) is 4.52 Å². The van der Waals surface area contributed by atoms with Crippen LogP contribution in [0.25, 0.3) is 5.65 Å². The molecule has 0 aliphatic carbocycles. The maximum absolute atomic E-state index is 11.1. The number of nitrogens with zero attached hydrogens (tertiary/aromatic N) is 3. The molecule has 0 amide bonds. The fourth-order valence-corrected chi connectivity index (χ4v) is 1.68. The minimum absolute atomic E-state index is 0.168. The van der Waals surface area contributed by atoms with Crippen molar-refractivity contribution in [2.45, 2.75) is 26.7 Å². The van der Waals surface area contributed by atoms with E-state index in [1.807, 2.05) is 13.8 Å². The highest BCUT2D eigenvalue weighted by Gasteiger charge is 2.13. The van der Waals surface area contributed by atoms with Crippen molar-refractivity contribution >= 4 is 11.6 Å². The monoisotopic (exact) mass is 219 g/mol. The first-order chi connectivity index (χ1) is 7.61. The summed E-state index contributed by atoms with van der Waals surface area (Å²) in [6.45, 7) is 3.85. The van der Waals surface area contributed by atoms with E-state index >= 15 is 0 Å². The molecule has 2 heterocycles. The minimum Gasteiger partial charge on any atom is -0.477 e. The fraction of sp³-hybridized carbons (Fsp3) is 0.364. The molecule has 1 N–H and O–H groups in total. The summed E-state index contributed by atoms with van der Waals surface area (Å²) in [5.74, 6) is -0.979. The van der Waals surface area contributed by atoms with Gasteiger partial charge in [0.05, 0.1) is 5.69 Å². The second-order valence-electron chi connectivity index (χ2n) is 3.74. The van der Waals surface area contributed by atoms with E-state index in [1.54, 1.807) is 12.1 Å². The summed E-state index contributed by atoms with van der Waals surface area (Å²) < 4.78 is 1.37. The predicted octanol–water partition coefficient (Wildman–Crippen LogP) is 1.69. The Hall–Kier alpha value is -1.91. The smallest absolute Gasteiger partial charge is 0.354 e. The van der Waals surface area contributed by atoms with Crippen LogP contribution < -0.4 is 0 Å². The van der Waals surface area contributed by atoms with Gasteiger partial charge in [-0.15, -0.1) is 0 Å². The average Bonchev–Trinajstić information content (AvgIpc) is 2.57. The van der Waals surface area contributed by atoms with Crippen LogP contribution in [0.4, 0.5) is 0 Å². The van der Waals surface area contributed by atoms with Crippen LogP contribution in [0.3, 0.4) is 0 Å². The quantitative estimate of drug-likeness (QED) is 0.852. The van der Waals surface area contributed by atoms with Crippen molar-refractivity contribution in [2.75, 3.05) is 0 Å². The number of fused-ring (bicyclic) bond motifs is 1. The number of aromatic nitrogens is 3. The van der Waals surface area contributed by atoms with Gasteiger partial charge < -0.3 is 5.11 Å². The third kappa shape index (κ3) is 1.76. The van der Waals surface area contributed by atoms with E-state index in [2.05, 4.69) is 10.1 Å². The van der Waals surface area contributed by atoms with Gasteiger partial charge in [-0.05, 0) is 19.4 Å². The Kier molecular flexibility index (Phi) is 2.60. The van der Waals surface area contributed by atoms with Crippen LogP contribution >= 0.6 is 0 Å². The largest absolute Gasteiger partial charge is 0.477 e. The molecule has 2 aromatic heterocycles. The molecule has 2 rings (SSSR count). The fourth-order valence-electron chi connectivity index (χ4n) is 1.68. The summed E-state index contributed by atoms with van der Waals surface area (Å²) in [5.41, 5.74) is 2.33. The average molecular weight is 219 g/mol. The lowest BCUT2D eigenvalue weighted by molar-refractivity contribution is 0.0687. The number of aryl methyl sites for hydroxylation is 2. The second kappa shape index (κ2) is 3.92. The van der Waals surface area contributed by atoms with Gasteiger partial charge in [-0.25, -0.2) is 14.3 Å². The van der Waals surface area contributed by atoms with E-state index in [4.69, 9.17) is 5.11 Å². The van der Waals surface area contributed by atoms with Gasteiger partial charge in [0.2, 0.25) is 0 Å². The molecule has 84 valence electrons. The van der Waals surface area contributed by atoms with Crippen molar-refractivity contribution in [3.8, 4) is 0 Å². The third-order valence-corrected chi connectivity index (χ3v) is 2.33. The number of hydrogen-bond acceptors (Lipinski definition) is 3. The topological polar surface area (TPSA) is 67.5 Å². The van der Waals surface area contributed by atoms with Crippen LogP contribution in [0.15, 0.2) is 12.1 Å². The van der Waals surface area contributed by atoms with Crippen molar-refractivity contribution < 1.29 is 9.90 Å². The molecule has 0 bridgehead atoms. The second-order valence-corrected chi connectivity index (χ2v) is 3.74. The summed E-state index contributed by atoms with van der Waals surface area (Å²) in [6, 6.07) is 3.37. The van der Waals surface area contributed by atoms with Crippen LogP contribution in [0.2, 0.25) is 0 Å². The van der Waals surface area contributed by atoms with E-state index in [0.717, 1.165) is 24.2 Å². The molecular formula is C11H13N3O2. The molecule has 5 nitrogen and oxygen atoms in total. The predicted molar refractivity (Wildman–Crippen MR) is 58.7 cm³/mol. The van der Waals surface area contributed by atoms with Gasteiger partial charge in [-0.3, -0.25) is 0 Å². The van der Waals surface area contributed by atoms with Gasteiger partial charge in [0.25, 0.3) is 0 Å². The van der Waals surface area contributed by atoms with E-state index < -0.39 is 5.97 Å². The zero-order chi connectivity index (χ0) is 11.7. The Morgan fingerprint density at radius 1 is 1.50 bits per heavy atom. The number of carbonyl (C=O) groups is 1. The summed E-state index contributed by atoms with van der Waals surface area (Å²) in [5, 5.41) is 13.2. The molecule has 0 spiro atoms. The van der Waals surface area contributed by atoms with Crippen molar-refractivity contribution in [3.63, 3.8) is 0 Å². The van der Waals surface area contributed by atoms with Crippen molar-refractivity contribution in [2.24, 2.45) is 0 Å². The van der Waals surface area contributed by atoms with E-state index in [0.29, 0.717) is 5.65 Å². The van der Waals surface area contributed by atoms with Crippen molar-refractivity contribution in [3.05, 3.63) is 29.2 Å². The zero-order valence-electron chi connectivity index (χ0n) is 9.27. The van der Waals surface area contributed by atoms with Crippen molar-refractivity contribution in [1.29, 1.82) is 0 Å². The first-order valence-corrected chi connectivity index (χ1v) is 5.21. The first-order valence-electron chi connectivity index (χ1n) is 5.21. The van der Waals surface area contributed by atoms with E-state index in [9.17, 15) is 4.79 Å². The Morgan fingerprint density at radius 3 is 2.88 bits per heavy atom. The lowest BCUT2D eigenvalue weighted by Gasteiger charge is -2.03. The summed E-state index contributed by atoms with van der Waals surface area (Å²) in [7, 11) is 0. The molecular weight excluding hydrogens is 206 g/mol. The Bertz CT molecular complexity index is 545. The lowest BCUT2D eigenvalue weighted by Crippen LogP contribution is -2.09. The van der Waals surface area contributed by atoms with Crippen LogP contribution in [0, 0.1) is 6.92 Å². The Morgan fingerprint density at radius 2 is 2.25 bits per heavy atom. The number of hydrogen-bond donors (Lipinski definition) is 1. The highest BCUT2D eigenvalue weighted by atomic mass is 16.4. The third-order valence-electron chi connectivity index (χ3n) is 2.33. The molecule has 0 radical (unpaired) electrons. The number of aromatic carboxylic acids is 1. The summed E-state index contributed by atoms with van der Waals surface area (Å²) >= 11 is 0. The standard InChI is InChI=1S/C11H13N3O2/c1-3-4-8-6-9(11(15)16)14-10(12-8)5-7(2)13-14/h5-6H,3-4H2,1-2H3,(H,15,16). The van der Waals surface area contributed by atoms with Gasteiger partial charge in [-0.2, -0.15) is 5.10 Å². The molecule has 5 heteroatoms. The molecule has 0 atom stereocenters. The van der Waals surface area contributed by atoms with Gasteiger partial charge in [0, 0.05) is 11.8 Å². The molecule has 0 aliphatic rings. The van der Waals surface area contributed by atoms with Gasteiger partial charge in [0.15, 0.2) is 11.3 Å². The lowest BCUT2D eigenvalue weighted by atomic mass is 10.2. The maximum atomic E-state index is 11.1. The van der Waals surface area contributed by atoms with Gasteiger partial charge >= 0.3 is 5.97 Å². The Labute approximate surface area is 92.7 Å². The van der Waals surface area contributed by atoms with Crippen LogP contribution in [0.1, 0.15) is 35.2 Å². The Balaban J connectivity index is 2.67. The molecule has 0 aromatic carbocycles. The number of carboxylic acids is 1. The van der Waals surface area contributed by atoms with Crippen LogP contribution in [0.5, 0.6) is 0 Å². The zero-order valence-corrected chi connectivity index (χ0v) is 9.27. The molecule has 0 unspecified atom stereocenters. The van der Waals surface area contributed by atoms with Crippen LogP contribution in [-0.2, 0) is 6.42 Å². The molecule has 16 heavy (non-hydrogen) atoms. The highest BCUT2D eigenvalue weighted by molar-refractivity contribution is 5.86. The summed E-state index contributed by atoms with van der Waals surface area (Å²) in [4.78, 5) is 15.5. The van der Waals surface area contributed by atoms with Crippen molar-refractivity contribution in [1.82, 2.24) is 14.6 Å². The first kappa shape index (κ1) is 10.6. The molecule has 0 aliphatic heterocycles. The molecule has 0 saturated heterocycles. The maximum Gasteiger partial charge on any atom is 0.354 e. The SMILES string of the molecule is CCCc1cc(C(=O)O)n2nc(C)cc2n1. The van der Waals surface area contributed by atoms with E-state index in [-0.39, 0.29) is 5.69 Å². The van der Waals surface area contributed by atoms with Crippen LogP contribution in [-0.4, -0.2) is 25.7 Å². The minimum atomic E-state index is -0.979. The molecule has 0 saturated carbocycles. The summed E-state index contributed by atoms with van der Waals surface area (Å²) in [6.07, 6.45) is 1.72. The molecule has 0 fully saturated rings. The molecule has 2 aromatic rings. The van der Waals surface area contributed by atoms with Gasteiger partial charge in [-0.1, -0.05) is 13.3 Å². The number of rotatable bonds is 3. The number of carboxylic acid groups (broad SMARTS) is 1. The van der Waals surface area contributed by atoms with Gasteiger partial charge in [0.1, 0.15) is 0 Å².